The molecule has 0 atom stereocenters. The summed E-state index contributed by atoms with van der Waals surface area (Å²) >= 11 is 0. The molecular weight excluding hydrogens is 262 g/mol. The number of rotatable bonds is 5. The van der Waals surface area contributed by atoms with E-state index >= 15 is 0 Å². The Bertz CT molecular complexity index is 657. The Hall–Kier alpha value is -2.54. The van der Waals surface area contributed by atoms with Gasteiger partial charge < -0.3 is 10.1 Å². The van der Waals surface area contributed by atoms with E-state index in [-0.39, 0.29) is 0 Å². The van der Waals surface area contributed by atoms with Crippen molar-refractivity contribution in [2.45, 2.75) is 20.3 Å². The molecule has 0 radical (unpaired) electrons. The smallest absolute Gasteiger partial charge is 0.144 e. The lowest BCUT2D eigenvalue weighted by atomic mass is 10.1. The fourth-order valence-corrected chi connectivity index (χ4v) is 2.22. The molecule has 0 aliphatic heterocycles. The molecule has 0 amide bonds. The van der Waals surface area contributed by atoms with Gasteiger partial charge in [0.15, 0.2) is 0 Å². The Kier molecular flexibility index (Phi) is 4.78. The van der Waals surface area contributed by atoms with Crippen molar-refractivity contribution >= 4 is 5.82 Å². The monoisotopic (exact) mass is 281 g/mol. The minimum Gasteiger partial charge on any atom is -0.497 e. The molecule has 1 heterocycles. The lowest BCUT2D eigenvalue weighted by molar-refractivity contribution is 0.414. The first-order chi connectivity index (χ1) is 10.1. The molecule has 0 spiro atoms. The Morgan fingerprint density at radius 3 is 2.57 bits per heavy atom. The minimum absolute atomic E-state index is 0.621. The zero-order valence-electron chi connectivity index (χ0n) is 12.6. The molecule has 0 saturated carbocycles. The SMILES string of the molecule is COc1ccc(CCNc2nc(C)cc(C)c2C#N)cc1. The molecule has 0 fully saturated rings. The number of nitriles is 1. The topological polar surface area (TPSA) is 57.9 Å². The van der Waals surface area contributed by atoms with Crippen molar-refractivity contribution < 1.29 is 4.74 Å². The van der Waals surface area contributed by atoms with Crippen LogP contribution in [0.25, 0.3) is 0 Å². The third-order valence-corrected chi connectivity index (χ3v) is 3.32. The van der Waals surface area contributed by atoms with E-state index in [9.17, 15) is 5.26 Å². The van der Waals surface area contributed by atoms with Crippen molar-refractivity contribution in [2.24, 2.45) is 0 Å². The summed E-state index contributed by atoms with van der Waals surface area (Å²) in [5.41, 5.74) is 3.71. The highest BCUT2D eigenvalue weighted by molar-refractivity contribution is 5.56. The predicted octanol–water partition coefficient (Wildman–Crippen LogP) is 3.23. The molecular formula is C17H19N3O. The van der Waals surface area contributed by atoms with Crippen LogP contribution in [-0.4, -0.2) is 18.6 Å². The number of methoxy groups -OCH3 is 1. The molecule has 0 aliphatic carbocycles. The Morgan fingerprint density at radius 1 is 1.24 bits per heavy atom. The molecule has 21 heavy (non-hydrogen) atoms. The standard InChI is InChI=1S/C17H19N3O/c1-12-10-13(2)20-17(16(12)11-18)19-9-8-14-4-6-15(21-3)7-5-14/h4-7,10H,8-9H2,1-3H3,(H,19,20). The van der Waals surface area contributed by atoms with Gasteiger partial charge in [0, 0.05) is 12.2 Å². The lowest BCUT2D eigenvalue weighted by Gasteiger charge is -2.10. The zero-order chi connectivity index (χ0) is 15.2. The van der Waals surface area contributed by atoms with Gasteiger partial charge in [-0.15, -0.1) is 0 Å². The van der Waals surface area contributed by atoms with E-state index in [4.69, 9.17) is 4.74 Å². The number of hydrogen-bond acceptors (Lipinski definition) is 4. The fraction of sp³-hybridized carbons (Fsp3) is 0.294. The van der Waals surface area contributed by atoms with Gasteiger partial charge in [0.1, 0.15) is 17.6 Å². The largest absolute Gasteiger partial charge is 0.497 e. The fourth-order valence-electron chi connectivity index (χ4n) is 2.22. The summed E-state index contributed by atoms with van der Waals surface area (Å²) in [6.45, 7) is 4.60. The Morgan fingerprint density at radius 2 is 1.95 bits per heavy atom. The van der Waals surface area contributed by atoms with Crippen LogP contribution in [0.15, 0.2) is 30.3 Å². The van der Waals surface area contributed by atoms with Gasteiger partial charge >= 0.3 is 0 Å². The molecule has 4 nitrogen and oxygen atoms in total. The van der Waals surface area contributed by atoms with Gasteiger partial charge in [-0.25, -0.2) is 4.98 Å². The first kappa shape index (κ1) is 14.9. The van der Waals surface area contributed by atoms with Crippen LogP contribution < -0.4 is 10.1 Å². The summed E-state index contributed by atoms with van der Waals surface area (Å²) in [5.74, 6) is 1.53. The van der Waals surface area contributed by atoms with Crippen LogP contribution in [-0.2, 0) is 6.42 Å². The van der Waals surface area contributed by atoms with Crippen molar-refractivity contribution in [2.75, 3.05) is 19.0 Å². The maximum absolute atomic E-state index is 9.22. The average Bonchev–Trinajstić information content (AvgIpc) is 2.47. The first-order valence-corrected chi connectivity index (χ1v) is 6.89. The maximum Gasteiger partial charge on any atom is 0.144 e. The van der Waals surface area contributed by atoms with Crippen LogP contribution in [0.3, 0.4) is 0 Å². The van der Waals surface area contributed by atoms with Crippen molar-refractivity contribution in [3.8, 4) is 11.8 Å². The summed E-state index contributed by atoms with van der Waals surface area (Å²) in [4.78, 5) is 4.41. The number of aromatic nitrogens is 1. The van der Waals surface area contributed by atoms with Gasteiger partial charge in [-0.1, -0.05) is 12.1 Å². The summed E-state index contributed by atoms with van der Waals surface area (Å²) in [6, 6.07) is 12.1. The highest BCUT2D eigenvalue weighted by Gasteiger charge is 2.07. The van der Waals surface area contributed by atoms with Crippen molar-refractivity contribution in [3.63, 3.8) is 0 Å². The molecule has 0 bridgehead atoms. The third kappa shape index (κ3) is 3.73. The van der Waals surface area contributed by atoms with Crippen LogP contribution in [0.5, 0.6) is 5.75 Å². The number of benzene rings is 1. The second-order valence-corrected chi connectivity index (χ2v) is 4.94. The molecule has 0 unspecified atom stereocenters. The van der Waals surface area contributed by atoms with Gasteiger partial charge in [-0.2, -0.15) is 5.26 Å². The second kappa shape index (κ2) is 6.76. The van der Waals surface area contributed by atoms with Crippen LogP contribution in [0, 0.1) is 25.2 Å². The van der Waals surface area contributed by atoms with Gasteiger partial charge in [0.25, 0.3) is 0 Å². The second-order valence-electron chi connectivity index (χ2n) is 4.94. The molecule has 1 aromatic carbocycles. The van der Waals surface area contributed by atoms with Gasteiger partial charge in [0.05, 0.1) is 12.7 Å². The summed E-state index contributed by atoms with van der Waals surface area (Å²) < 4.78 is 5.14. The van der Waals surface area contributed by atoms with E-state index in [1.54, 1.807) is 7.11 Å². The van der Waals surface area contributed by atoms with Crippen molar-refractivity contribution in [3.05, 3.63) is 52.7 Å². The number of aryl methyl sites for hydroxylation is 2. The minimum atomic E-state index is 0.621. The maximum atomic E-state index is 9.22. The average molecular weight is 281 g/mol. The van der Waals surface area contributed by atoms with E-state index < -0.39 is 0 Å². The van der Waals surface area contributed by atoms with Crippen LogP contribution in [0.1, 0.15) is 22.4 Å². The molecule has 1 aromatic heterocycles. The van der Waals surface area contributed by atoms with Crippen LogP contribution in [0.2, 0.25) is 0 Å². The summed E-state index contributed by atoms with van der Waals surface area (Å²) in [7, 11) is 1.66. The van der Waals surface area contributed by atoms with E-state index in [1.165, 1.54) is 5.56 Å². The number of anilines is 1. The lowest BCUT2D eigenvalue weighted by Crippen LogP contribution is -2.09. The first-order valence-electron chi connectivity index (χ1n) is 6.89. The summed E-state index contributed by atoms with van der Waals surface area (Å²) in [6.07, 6.45) is 0.865. The number of hydrogen-bond donors (Lipinski definition) is 1. The summed E-state index contributed by atoms with van der Waals surface area (Å²) in [5, 5.41) is 12.5. The normalized spacial score (nSPS) is 10.0. The number of ether oxygens (including phenoxy) is 1. The van der Waals surface area contributed by atoms with Gasteiger partial charge in [0.2, 0.25) is 0 Å². The predicted molar refractivity (Wildman–Crippen MR) is 83.6 cm³/mol. The molecule has 4 heteroatoms. The molecule has 0 saturated heterocycles. The highest BCUT2D eigenvalue weighted by atomic mass is 16.5. The number of nitrogens with zero attached hydrogens (tertiary/aromatic N) is 2. The number of pyridine rings is 1. The molecule has 1 N–H and O–H groups in total. The Balaban J connectivity index is 2.01. The molecule has 0 aliphatic rings. The van der Waals surface area contributed by atoms with E-state index in [0.717, 1.165) is 30.0 Å². The van der Waals surface area contributed by atoms with E-state index in [1.807, 2.05) is 44.2 Å². The van der Waals surface area contributed by atoms with E-state index in [2.05, 4.69) is 16.4 Å². The van der Waals surface area contributed by atoms with Crippen LogP contribution >= 0.6 is 0 Å². The quantitative estimate of drug-likeness (QED) is 0.914. The molecule has 2 aromatic rings. The molecule has 108 valence electrons. The van der Waals surface area contributed by atoms with Crippen molar-refractivity contribution in [1.29, 1.82) is 5.26 Å². The van der Waals surface area contributed by atoms with Crippen molar-refractivity contribution in [1.82, 2.24) is 4.98 Å². The number of nitrogens with one attached hydrogen (secondary N) is 1. The Labute approximate surface area is 125 Å². The van der Waals surface area contributed by atoms with Gasteiger partial charge in [-0.05, 0) is 49.6 Å². The third-order valence-electron chi connectivity index (χ3n) is 3.32. The molecule has 2 rings (SSSR count). The van der Waals surface area contributed by atoms with E-state index in [0.29, 0.717) is 11.4 Å². The zero-order valence-corrected chi connectivity index (χ0v) is 12.6. The van der Waals surface area contributed by atoms with Crippen LogP contribution in [0.4, 0.5) is 5.82 Å². The van der Waals surface area contributed by atoms with Gasteiger partial charge in [-0.3, -0.25) is 0 Å². The highest BCUT2D eigenvalue weighted by Crippen LogP contribution is 2.18.